The fourth-order valence-electron chi connectivity index (χ4n) is 4.80. The Labute approximate surface area is 128 Å². The minimum absolute atomic E-state index is 0.566. The third kappa shape index (κ3) is 2.59. The van der Waals surface area contributed by atoms with E-state index in [1.54, 1.807) is 0 Å². The third-order valence-corrected chi connectivity index (χ3v) is 5.77. The van der Waals surface area contributed by atoms with Crippen molar-refractivity contribution >= 4 is 6.21 Å². The van der Waals surface area contributed by atoms with E-state index < -0.39 is 0 Å². The van der Waals surface area contributed by atoms with Gasteiger partial charge in [-0.15, -0.1) is 0 Å². The van der Waals surface area contributed by atoms with Gasteiger partial charge in [0.2, 0.25) is 0 Å². The molecule has 0 amide bonds. The van der Waals surface area contributed by atoms with Crippen LogP contribution < -0.4 is 0 Å². The van der Waals surface area contributed by atoms with Gasteiger partial charge in [-0.25, -0.2) is 0 Å². The van der Waals surface area contributed by atoms with Crippen molar-refractivity contribution in [2.45, 2.75) is 57.4 Å². The summed E-state index contributed by atoms with van der Waals surface area (Å²) in [6, 6.07) is 11.2. The van der Waals surface area contributed by atoms with Gasteiger partial charge in [-0.05, 0) is 56.4 Å². The number of hydrogen-bond donors (Lipinski definition) is 0. The quantitative estimate of drug-likeness (QED) is 0.523. The van der Waals surface area contributed by atoms with Gasteiger partial charge in [0.05, 0.1) is 6.04 Å². The van der Waals surface area contributed by atoms with Crippen LogP contribution in [0.2, 0.25) is 0 Å². The van der Waals surface area contributed by atoms with E-state index in [9.17, 15) is 0 Å². The number of rotatable bonds is 2. The number of nitrogens with zero attached hydrogens (tertiary/aromatic N) is 1. The monoisotopic (exact) mass is 279 g/mol. The minimum Gasteiger partial charge on any atom is -0.288 e. The lowest BCUT2D eigenvalue weighted by atomic mass is 9.63. The first-order chi connectivity index (χ1) is 10.4. The molecule has 0 aliphatic heterocycles. The molecule has 3 atom stereocenters. The van der Waals surface area contributed by atoms with Crippen LogP contribution in [0.5, 0.6) is 0 Å². The molecule has 3 aliphatic rings. The van der Waals surface area contributed by atoms with Crippen molar-refractivity contribution in [3.63, 3.8) is 0 Å². The van der Waals surface area contributed by atoms with Crippen LogP contribution in [0.1, 0.15) is 56.9 Å². The van der Waals surface area contributed by atoms with E-state index in [1.807, 2.05) is 11.1 Å². The zero-order valence-electron chi connectivity index (χ0n) is 12.8. The maximum Gasteiger partial charge on any atom is 0.0596 e. The standard InChI is InChI=1S/C20H25N/c1-2-7-15(8-3-1)14-21-20-17-10-6-12-19(20)18-11-5-4-9-16(18)13-17/h1-3,7-8,14,17,19-20H,4-6,9-13H2/t17-,19-,20+/m0/s1. The van der Waals surface area contributed by atoms with E-state index in [0.717, 1.165) is 11.8 Å². The Balaban J connectivity index is 1.60. The molecule has 1 nitrogen and oxygen atoms in total. The fourth-order valence-corrected chi connectivity index (χ4v) is 4.80. The van der Waals surface area contributed by atoms with E-state index >= 15 is 0 Å². The molecule has 1 aromatic carbocycles. The van der Waals surface area contributed by atoms with Crippen LogP contribution >= 0.6 is 0 Å². The highest BCUT2D eigenvalue weighted by atomic mass is 14.8. The van der Waals surface area contributed by atoms with Gasteiger partial charge in [0, 0.05) is 12.1 Å². The topological polar surface area (TPSA) is 12.4 Å². The molecule has 2 bridgehead atoms. The van der Waals surface area contributed by atoms with Crippen molar-refractivity contribution in [1.29, 1.82) is 0 Å². The van der Waals surface area contributed by atoms with Crippen LogP contribution in [0.4, 0.5) is 0 Å². The average molecular weight is 279 g/mol. The Morgan fingerprint density at radius 2 is 1.81 bits per heavy atom. The summed E-state index contributed by atoms with van der Waals surface area (Å²) in [4.78, 5) is 5.07. The minimum atomic E-state index is 0.566. The van der Waals surface area contributed by atoms with E-state index in [0.29, 0.717) is 6.04 Å². The Morgan fingerprint density at radius 1 is 0.952 bits per heavy atom. The molecule has 1 heteroatoms. The second kappa shape index (κ2) is 5.79. The lowest BCUT2D eigenvalue weighted by molar-refractivity contribution is 0.215. The lowest BCUT2D eigenvalue weighted by Gasteiger charge is -2.44. The van der Waals surface area contributed by atoms with Gasteiger partial charge in [-0.3, -0.25) is 4.99 Å². The molecule has 110 valence electrons. The van der Waals surface area contributed by atoms with Crippen LogP contribution in [0.25, 0.3) is 0 Å². The SMILES string of the molecule is C(=N[C@@H]1[C@H]2CCC[C@H]1C1=C(CCCC1)C2)c1ccccc1. The predicted octanol–water partition coefficient (Wildman–Crippen LogP) is 5.16. The summed E-state index contributed by atoms with van der Waals surface area (Å²) in [6.07, 6.45) is 13.3. The predicted molar refractivity (Wildman–Crippen MR) is 88.8 cm³/mol. The lowest BCUT2D eigenvalue weighted by Crippen LogP contribution is -2.38. The smallest absolute Gasteiger partial charge is 0.0596 e. The molecule has 1 aromatic rings. The summed E-state index contributed by atoms with van der Waals surface area (Å²) >= 11 is 0. The molecule has 0 unspecified atom stereocenters. The summed E-state index contributed by atoms with van der Waals surface area (Å²) in [5.41, 5.74) is 4.91. The molecule has 1 saturated carbocycles. The largest absolute Gasteiger partial charge is 0.288 e. The fraction of sp³-hybridized carbons (Fsp3) is 0.550. The Hall–Kier alpha value is -1.37. The number of benzene rings is 1. The molecular formula is C20H25N. The summed E-state index contributed by atoms with van der Waals surface area (Å²) in [7, 11) is 0. The van der Waals surface area contributed by atoms with E-state index in [2.05, 4.69) is 36.5 Å². The Morgan fingerprint density at radius 3 is 2.71 bits per heavy atom. The molecule has 3 aliphatic carbocycles. The van der Waals surface area contributed by atoms with E-state index in [-0.39, 0.29) is 0 Å². The molecule has 0 aromatic heterocycles. The summed E-state index contributed by atoms with van der Waals surface area (Å²) < 4.78 is 0. The molecule has 21 heavy (non-hydrogen) atoms. The van der Waals surface area contributed by atoms with Gasteiger partial charge in [-0.2, -0.15) is 0 Å². The molecule has 1 fully saturated rings. The van der Waals surface area contributed by atoms with Crippen molar-refractivity contribution < 1.29 is 0 Å². The first-order valence-electron chi connectivity index (χ1n) is 8.71. The number of aliphatic imine (C=N–C) groups is 1. The van der Waals surface area contributed by atoms with Crippen molar-refractivity contribution in [3.8, 4) is 0 Å². The van der Waals surface area contributed by atoms with Gasteiger partial charge in [-0.1, -0.05) is 47.9 Å². The van der Waals surface area contributed by atoms with Crippen LogP contribution in [0, 0.1) is 11.8 Å². The molecule has 0 spiro atoms. The van der Waals surface area contributed by atoms with Crippen molar-refractivity contribution in [3.05, 3.63) is 47.0 Å². The Kier molecular flexibility index (Phi) is 3.67. The number of fused-ring (bicyclic) bond motifs is 3. The van der Waals surface area contributed by atoms with Crippen LogP contribution in [-0.4, -0.2) is 12.3 Å². The zero-order chi connectivity index (χ0) is 14.1. The maximum absolute atomic E-state index is 5.07. The summed E-state index contributed by atoms with van der Waals surface area (Å²) in [5, 5.41) is 0. The maximum atomic E-state index is 5.07. The van der Waals surface area contributed by atoms with Crippen LogP contribution in [0.3, 0.4) is 0 Å². The summed E-state index contributed by atoms with van der Waals surface area (Å²) in [5.74, 6) is 1.59. The number of hydrogen-bond acceptors (Lipinski definition) is 1. The zero-order valence-corrected chi connectivity index (χ0v) is 12.8. The van der Waals surface area contributed by atoms with Gasteiger partial charge in [0.1, 0.15) is 0 Å². The highest BCUT2D eigenvalue weighted by Crippen LogP contribution is 2.49. The van der Waals surface area contributed by atoms with Crippen LogP contribution in [-0.2, 0) is 0 Å². The molecule has 0 radical (unpaired) electrons. The van der Waals surface area contributed by atoms with Crippen molar-refractivity contribution in [2.24, 2.45) is 16.8 Å². The Bertz CT molecular complexity index is 554. The van der Waals surface area contributed by atoms with Gasteiger partial charge >= 0.3 is 0 Å². The second-order valence-corrected chi connectivity index (χ2v) is 7.02. The van der Waals surface area contributed by atoms with Crippen molar-refractivity contribution in [2.75, 3.05) is 0 Å². The second-order valence-electron chi connectivity index (χ2n) is 7.02. The molecular weight excluding hydrogens is 254 g/mol. The molecule has 0 N–H and O–H groups in total. The normalized spacial score (nSPS) is 32.3. The van der Waals surface area contributed by atoms with Gasteiger partial charge < -0.3 is 0 Å². The van der Waals surface area contributed by atoms with Crippen LogP contribution in [0.15, 0.2) is 46.5 Å². The molecule has 4 rings (SSSR count). The molecule has 0 saturated heterocycles. The number of allylic oxidation sites excluding steroid dienone is 1. The van der Waals surface area contributed by atoms with Crippen molar-refractivity contribution in [1.82, 2.24) is 0 Å². The van der Waals surface area contributed by atoms with E-state index in [4.69, 9.17) is 4.99 Å². The highest BCUT2D eigenvalue weighted by Gasteiger charge is 2.40. The van der Waals surface area contributed by atoms with E-state index in [1.165, 1.54) is 56.9 Å². The highest BCUT2D eigenvalue weighted by molar-refractivity contribution is 5.79. The summed E-state index contributed by atoms with van der Waals surface area (Å²) in [6.45, 7) is 0. The van der Waals surface area contributed by atoms with Gasteiger partial charge in [0.15, 0.2) is 0 Å². The first-order valence-corrected chi connectivity index (χ1v) is 8.71. The third-order valence-electron chi connectivity index (χ3n) is 5.77. The van der Waals surface area contributed by atoms with Gasteiger partial charge in [0.25, 0.3) is 0 Å². The molecule has 0 heterocycles. The average Bonchev–Trinajstić information content (AvgIpc) is 2.54. The first kappa shape index (κ1) is 13.3.